The molecule has 0 aliphatic heterocycles. The Morgan fingerprint density at radius 2 is 2.05 bits per heavy atom. The monoisotopic (exact) mass is 323 g/mol. The molecule has 0 spiro atoms. The number of ether oxygens (including phenoxy) is 1. The Bertz CT molecular complexity index is 569. The summed E-state index contributed by atoms with van der Waals surface area (Å²) in [4.78, 5) is 24.6. The first kappa shape index (κ1) is 15.7. The molecule has 1 atom stereocenters. The molecule has 1 N–H and O–H groups in total. The highest BCUT2D eigenvalue weighted by Gasteiger charge is 2.33. The first-order chi connectivity index (χ1) is 9.90. The van der Waals surface area contributed by atoms with Crippen LogP contribution >= 0.6 is 22.7 Å². The number of carbonyl (C=O) groups is 2. The average Bonchev–Trinajstić information content (AvgIpc) is 3.07. The van der Waals surface area contributed by atoms with Crippen molar-refractivity contribution in [1.29, 1.82) is 0 Å². The normalized spacial score (nSPS) is 12.7. The topological polar surface area (TPSA) is 55.4 Å². The van der Waals surface area contributed by atoms with Crippen LogP contribution in [-0.2, 0) is 14.3 Å². The zero-order chi connectivity index (χ0) is 15.5. The molecule has 112 valence electrons. The quantitative estimate of drug-likeness (QED) is 0.859. The Labute approximate surface area is 131 Å². The van der Waals surface area contributed by atoms with E-state index in [1.165, 1.54) is 6.92 Å². The molecule has 2 aromatic heterocycles. The molecule has 0 radical (unpaired) electrons. The minimum absolute atomic E-state index is 0.224. The fraction of sp³-hybridized carbons (Fsp3) is 0.333. The van der Waals surface area contributed by atoms with Crippen molar-refractivity contribution in [3.05, 3.63) is 44.8 Å². The molecule has 2 rings (SSSR count). The van der Waals surface area contributed by atoms with Crippen molar-refractivity contribution in [3.63, 3.8) is 0 Å². The SMILES string of the molecule is CC(=O)OC(C)(C)C(=O)NC(c1ccsc1)c1cccs1. The maximum atomic E-state index is 12.4. The number of esters is 1. The highest BCUT2D eigenvalue weighted by Crippen LogP contribution is 2.28. The van der Waals surface area contributed by atoms with E-state index in [-0.39, 0.29) is 11.9 Å². The zero-order valence-corrected chi connectivity index (χ0v) is 13.7. The van der Waals surface area contributed by atoms with Crippen LogP contribution in [0, 0.1) is 0 Å². The second kappa shape index (κ2) is 6.41. The van der Waals surface area contributed by atoms with Crippen LogP contribution in [0.1, 0.15) is 37.3 Å². The van der Waals surface area contributed by atoms with E-state index in [1.54, 1.807) is 36.5 Å². The molecule has 2 aromatic rings. The number of thiophene rings is 2. The predicted octanol–water partition coefficient (Wildman–Crippen LogP) is 3.36. The first-order valence-electron chi connectivity index (χ1n) is 6.46. The minimum atomic E-state index is -1.20. The Hall–Kier alpha value is -1.66. The maximum absolute atomic E-state index is 12.4. The molecule has 1 unspecified atom stereocenters. The molecule has 0 bridgehead atoms. The van der Waals surface area contributed by atoms with Gasteiger partial charge in [0.2, 0.25) is 0 Å². The summed E-state index contributed by atoms with van der Waals surface area (Å²) in [7, 11) is 0. The van der Waals surface area contributed by atoms with Crippen molar-refractivity contribution in [1.82, 2.24) is 5.32 Å². The molecule has 1 amide bonds. The molecule has 21 heavy (non-hydrogen) atoms. The van der Waals surface area contributed by atoms with Gasteiger partial charge in [0.25, 0.3) is 5.91 Å². The van der Waals surface area contributed by atoms with Gasteiger partial charge in [-0.1, -0.05) is 6.07 Å². The van der Waals surface area contributed by atoms with Gasteiger partial charge in [0.05, 0.1) is 6.04 Å². The summed E-state index contributed by atoms with van der Waals surface area (Å²) < 4.78 is 5.09. The molecule has 0 fully saturated rings. The van der Waals surface area contributed by atoms with Crippen molar-refractivity contribution in [2.75, 3.05) is 0 Å². The molecule has 6 heteroatoms. The van der Waals surface area contributed by atoms with Crippen molar-refractivity contribution < 1.29 is 14.3 Å². The summed E-state index contributed by atoms with van der Waals surface area (Å²) in [5, 5.41) is 8.91. The van der Waals surface area contributed by atoms with Gasteiger partial charge in [-0.05, 0) is 47.7 Å². The van der Waals surface area contributed by atoms with Gasteiger partial charge in [0, 0.05) is 11.8 Å². The van der Waals surface area contributed by atoms with E-state index in [1.807, 2.05) is 34.3 Å². The molecule has 4 nitrogen and oxygen atoms in total. The zero-order valence-electron chi connectivity index (χ0n) is 12.1. The van der Waals surface area contributed by atoms with Gasteiger partial charge in [-0.3, -0.25) is 9.59 Å². The van der Waals surface area contributed by atoms with Gasteiger partial charge < -0.3 is 10.1 Å². The molecule has 0 aliphatic carbocycles. The smallest absolute Gasteiger partial charge is 0.303 e. The number of nitrogens with one attached hydrogen (secondary N) is 1. The predicted molar refractivity (Wildman–Crippen MR) is 84.5 cm³/mol. The molecule has 0 saturated carbocycles. The summed E-state index contributed by atoms with van der Waals surface area (Å²) in [6.45, 7) is 4.47. The Morgan fingerprint density at radius 1 is 1.29 bits per heavy atom. The van der Waals surface area contributed by atoms with Crippen molar-refractivity contribution >= 4 is 34.6 Å². The minimum Gasteiger partial charge on any atom is -0.450 e. The first-order valence-corrected chi connectivity index (χ1v) is 8.28. The van der Waals surface area contributed by atoms with Crippen LogP contribution in [0.4, 0.5) is 0 Å². The van der Waals surface area contributed by atoms with E-state index >= 15 is 0 Å². The Kier molecular flexibility index (Phi) is 4.80. The van der Waals surface area contributed by atoms with Gasteiger partial charge in [-0.15, -0.1) is 11.3 Å². The summed E-state index contributed by atoms with van der Waals surface area (Å²) in [5.74, 6) is -0.791. The van der Waals surface area contributed by atoms with Gasteiger partial charge in [-0.2, -0.15) is 11.3 Å². The highest BCUT2D eigenvalue weighted by molar-refractivity contribution is 7.10. The van der Waals surface area contributed by atoms with Crippen LogP contribution in [0.2, 0.25) is 0 Å². The highest BCUT2D eigenvalue weighted by atomic mass is 32.1. The summed E-state index contributed by atoms with van der Waals surface area (Å²) in [6, 6.07) is 5.68. The molecule has 0 aromatic carbocycles. The number of rotatable bonds is 5. The second-order valence-electron chi connectivity index (χ2n) is 5.08. The number of hydrogen-bond donors (Lipinski definition) is 1. The van der Waals surface area contributed by atoms with E-state index in [2.05, 4.69) is 5.32 Å². The number of carbonyl (C=O) groups excluding carboxylic acids is 2. The maximum Gasteiger partial charge on any atom is 0.303 e. The van der Waals surface area contributed by atoms with Crippen molar-refractivity contribution in [2.24, 2.45) is 0 Å². The number of amides is 1. The van der Waals surface area contributed by atoms with Crippen molar-refractivity contribution in [2.45, 2.75) is 32.4 Å². The lowest BCUT2D eigenvalue weighted by molar-refractivity contribution is -0.163. The number of hydrogen-bond acceptors (Lipinski definition) is 5. The van der Waals surface area contributed by atoms with Crippen LogP contribution in [0.5, 0.6) is 0 Å². The molecule has 2 heterocycles. The van der Waals surface area contributed by atoms with Gasteiger partial charge in [-0.25, -0.2) is 0 Å². The third-order valence-corrected chi connectivity index (χ3v) is 4.56. The lowest BCUT2D eigenvalue weighted by Crippen LogP contribution is -2.46. The summed E-state index contributed by atoms with van der Waals surface area (Å²) >= 11 is 3.16. The van der Waals surface area contributed by atoms with Crippen LogP contribution in [-0.4, -0.2) is 17.5 Å². The molecule has 0 saturated heterocycles. The summed E-state index contributed by atoms with van der Waals surface area (Å²) in [6.07, 6.45) is 0. The van der Waals surface area contributed by atoms with Gasteiger partial charge in [0.1, 0.15) is 0 Å². The van der Waals surface area contributed by atoms with Gasteiger partial charge in [0.15, 0.2) is 5.60 Å². The lowest BCUT2D eigenvalue weighted by atomic mass is 10.1. The van der Waals surface area contributed by atoms with Crippen LogP contribution in [0.15, 0.2) is 34.3 Å². The van der Waals surface area contributed by atoms with Crippen LogP contribution in [0.25, 0.3) is 0 Å². The standard InChI is InChI=1S/C15H17NO3S2/c1-10(17)19-15(2,3)14(18)16-13(11-6-8-20-9-11)12-5-4-7-21-12/h4-9,13H,1-3H3,(H,16,18). The fourth-order valence-corrected chi connectivity index (χ4v) is 3.41. The van der Waals surface area contributed by atoms with E-state index in [9.17, 15) is 9.59 Å². The lowest BCUT2D eigenvalue weighted by Gasteiger charge is -2.26. The third-order valence-electron chi connectivity index (χ3n) is 2.93. The molecular formula is C15H17NO3S2. The van der Waals surface area contributed by atoms with E-state index in [0.29, 0.717) is 0 Å². The Balaban J connectivity index is 2.20. The fourth-order valence-electron chi connectivity index (χ4n) is 1.92. The van der Waals surface area contributed by atoms with E-state index < -0.39 is 11.6 Å². The van der Waals surface area contributed by atoms with Gasteiger partial charge >= 0.3 is 5.97 Å². The van der Waals surface area contributed by atoms with Crippen molar-refractivity contribution in [3.8, 4) is 0 Å². The molecular weight excluding hydrogens is 306 g/mol. The largest absolute Gasteiger partial charge is 0.450 e. The second-order valence-corrected chi connectivity index (χ2v) is 6.84. The van der Waals surface area contributed by atoms with Crippen LogP contribution in [0.3, 0.4) is 0 Å². The summed E-state index contributed by atoms with van der Waals surface area (Å²) in [5.41, 5.74) is -0.174. The third kappa shape index (κ3) is 3.92. The average molecular weight is 323 g/mol. The van der Waals surface area contributed by atoms with E-state index in [0.717, 1.165) is 10.4 Å². The Morgan fingerprint density at radius 3 is 2.57 bits per heavy atom. The molecule has 0 aliphatic rings. The van der Waals surface area contributed by atoms with Crippen LogP contribution < -0.4 is 5.32 Å². The van der Waals surface area contributed by atoms with E-state index in [4.69, 9.17) is 4.74 Å².